The largest absolute Gasteiger partial charge is 0.368 e. The minimum absolute atomic E-state index is 0.000577. The summed E-state index contributed by atoms with van der Waals surface area (Å²) in [4.78, 5) is 52.9. The number of nitro groups is 1. The Morgan fingerprint density at radius 3 is 2.33 bits per heavy atom. The van der Waals surface area contributed by atoms with E-state index < -0.39 is 4.92 Å². The number of hydrogen-bond donors (Lipinski definition) is 0. The third-order valence-corrected chi connectivity index (χ3v) is 7.92. The Labute approximate surface area is 237 Å². The fraction of sp³-hybridized carbons (Fsp3) is 0.538. The molecule has 0 saturated carbocycles. The van der Waals surface area contributed by atoms with E-state index in [4.69, 9.17) is 11.6 Å². The normalized spacial score (nSPS) is 18.0. The predicted octanol–water partition coefficient (Wildman–Crippen LogP) is 3.56. The fourth-order valence-electron chi connectivity index (χ4n) is 4.83. The smallest absolute Gasteiger partial charge is 0.269 e. The molecule has 210 valence electrons. The molecule has 13 heteroatoms. The molecule has 2 amide bonds. The molecule has 0 aliphatic carbocycles. The van der Waals surface area contributed by atoms with Crippen molar-refractivity contribution in [2.75, 3.05) is 61.4 Å². The van der Waals surface area contributed by atoms with Crippen LogP contribution in [0.2, 0.25) is 5.15 Å². The van der Waals surface area contributed by atoms with Crippen LogP contribution >= 0.6 is 23.4 Å². The van der Waals surface area contributed by atoms with E-state index in [0.29, 0.717) is 74.3 Å². The van der Waals surface area contributed by atoms with Crippen molar-refractivity contribution >= 4 is 52.4 Å². The van der Waals surface area contributed by atoms with Crippen molar-refractivity contribution in [3.63, 3.8) is 0 Å². The van der Waals surface area contributed by atoms with Crippen molar-refractivity contribution in [2.45, 2.75) is 38.4 Å². The van der Waals surface area contributed by atoms with E-state index in [9.17, 15) is 19.7 Å². The number of anilines is 2. The minimum atomic E-state index is -0.414. The molecular weight excluding hydrogens is 542 g/mol. The molecule has 1 atom stereocenters. The van der Waals surface area contributed by atoms with Gasteiger partial charge in [-0.25, -0.2) is 9.97 Å². The third kappa shape index (κ3) is 7.51. The number of thioether (sulfide) groups is 1. The van der Waals surface area contributed by atoms with Crippen LogP contribution in [-0.4, -0.2) is 94.1 Å². The first-order valence-corrected chi connectivity index (χ1v) is 14.5. The molecule has 0 N–H and O–H groups in total. The zero-order valence-corrected chi connectivity index (χ0v) is 24.0. The quantitative estimate of drug-likeness (QED) is 0.153. The van der Waals surface area contributed by atoms with Gasteiger partial charge >= 0.3 is 0 Å². The van der Waals surface area contributed by atoms with E-state index in [1.807, 2.05) is 30.6 Å². The molecular formula is C26H34ClN7O4S. The lowest BCUT2D eigenvalue weighted by molar-refractivity contribution is -0.384. The summed E-state index contributed by atoms with van der Waals surface area (Å²) in [7, 11) is 0. The Kier molecular flexibility index (Phi) is 9.49. The van der Waals surface area contributed by atoms with Gasteiger partial charge in [-0.15, -0.1) is 0 Å². The van der Waals surface area contributed by atoms with Crippen LogP contribution in [0.25, 0.3) is 0 Å². The van der Waals surface area contributed by atoms with Crippen LogP contribution < -0.4 is 9.80 Å². The molecule has 4 rings (SSSR count). The summed E-state index contributed by atoms with van der Waals surface area (Å²) in [6.07, 6.45) is 0.546. The number of aromatic nitrogens is 2. The lowest BCUT2D eigenvalue weighted by Crippen LogP contribution is -2.54. The zero-order chi connectivity index (χ0) is 28.1. The van der Waals surface area contributed by atoms with Crippen molar-refractivity contribution < 1.29 is 14.5 Å². The number of nitrogens with zero attached hydrogens (tertiary/aromatic N) is 7. The molecule has 2 fully saturated rings. The average Bonchev–Trinajstić information content (AvgIpc) is 2.91. The van der Waals surface area contributed by atoms with Gasteiger partial charge in [-0.2, -0.15) is 0 Å². The van der Waals surface area contributed by atoms with Crippen molar-refractivity contribution in [1.82, 2.24) is 19.8 Å². The molecule has 0 spiro atoms. The van der Waals surface area contributed by atoms with Gasteiger partial charge in [0.25, 0.3) is 5.69 Å². The first kappa shape index (κ1) is 28.9. The van der Waals surface area contributed by atoms with E-state index in [0.717, 1.165) is 5.69 Å². The summed E-state index contributed by atoms with van der Waals surface area (Å²) >= 11 is 7.58. The maximum Gasteiger partial charge on any atom is 0.269 e. The fourth-order valence-corrected chi connectivity index (χ4v) is 5.82. The number of halogens is 1. The zero-order valence-electron chi connectivity index (χ0n) is 22.5. The number of benzene rings is 1. The summed E-state index contributed by atoms with van der Waals surface area (Å²) in [6, 6.07) is 8.25. The number of non-ortho nitro benzene ring substituents is 1. The average molecular weight is 576 g/mol. The Hall–Kier alpha value is -3.12. The van der Waals surface area contributed by atoms with E-state index >= 15 is 0 Å². The number of nitro benzene ring substituents is 1. The highest BCUT2D eigenvalue weighted by Crippen LogP contribution is 2.25. The second kappa shape index (κ2) is 12.8. The van der Waals surface area contributed by atoms with E-state index in [1.165, 1.54) is 23.9 Å². The van der Waals surface area contributed by atoms with Gasteiger partial charge in [0.05, 0.1) is 10.7 Å². The van der Waals surface area contributed by atoms with Crippen molar-refractivity contribution in [1.29, 1.82) is 0 Å². The molecule has 2 saturated heterocycles. The van der Waals surface area contributed by atoms with Crippen LogP contribution in [0.3, 0.4) is 0 Å². The SMILES string of the molecule is CC(C)CC(=O)N1CCN(c2cc(Cl)nc(SCC(=O)N3CCN(c4ccc([N+](=O)[O-])cc4)CC3)n2)CC1C. The summed E-state index contributed by atoms with van der Waals surface area (Å²) in [5.41, 5.74) is 0.964. The molecule has 0 bridgehead atoms. The highest BCUT2D eigenvalue weighted by Gasteiger charge is 2.29. The van der Waals surface area contributed by atoms with Crippen LogP contribution in [0.5, 0.6) is 0 Å². The number of amides is 2. The summed E-state index contributed by atoms with van der Waals surface area (Å²) in [6.45, 7) is 10.5. The number of rotatable bonds is 8. The second-order valence-corrected chi connectivity index (χ2v) is 11.6. The molecule has 1 unspecified atom stereocenters. The van der Waals surface area contributed by atoms with Crippen LogP contribution in [0.4, 0.5) is 17.2 Å². The first-order valence-electron chi connectivity index (χ1n) is 13.1. The predicted molar refractivity (Wildman–Crippen MR) is 152 cm³/mol. The molecule has 11 nitrogen and oxygen atoms in total. The summed E-state index contributed by atoms with van der Waals surface area (Å²) in [5.74, 6) is 1.40. The van der Waals surface area contributed by atoms with Gasteiger partial charge in [0.1, 0.15) is 11.0 Å². The van der Waals surface area contributed by atoms with E-state index in [-0.39, 0.29) is 29.3 Å². The molecule has 2 aromatic rings. The van der Waals surface area contributed by atoms with Gasteiger partial charge in [0.2, 0.25) is 11.8 Å². The van der Waals surface area contributed by atoms with Crippen LogP contribution in [0.15, 0.2) is 35.5 Å². The standard InChI is InChI=1S/C26H34ClN7O4S/c1-18(2)14-24(35)33-13-12-32(16-19(33)3)23-15-22(27)28-26(29-23)39-17-25(36)31-10-8-30(9-11-31)20-4-6-21(7-5-20)34(37)38/h4-7,15,18-19H,8-14,16-17H2,1-3H3. The number of carbonyl (C=O) groups excluding carboxylic acids is 2. The van der Waals surface area contributed by atoms with Gasteiger partial charge in [-0.1, -0.05) is 37.2 Å². The minimum Gasteiger partial charge on any atom is -0.368 e. The molecule has 1 aromatic carbocycles. The van der Waals surface area contributed by atoms with Crippen molar-refractivity contribution in [3.8, 4) is 0 Å². The lowest BCUT2D eigenvalue weighted by atomic mass is 10.1. The number of carbonyl (C=O) groups is 2. The van der Waals surface area contributed by atoms with Crippen molar-refractivity contribution in [3.05, 3.63) is 45.6 Å². The third-order valence-electron chi connectivity index (χ3n) is 6.90. The second-order valence-electron chi connectivity index (χ2n) is 10.2. The Morgan fingerprint density at radius 2 is 1.72 bits per heavy atom. The molecule has 2 aliphatic heterocycles. The van der Waals surface area contributed by atoms with E-state index in [2.05, 4.69) is 19.8 Å². The highest BCUT2D eigenvalue weighted by atomic mass is 35.5. The van der Waals surface area contributed by atoms with Gasteiger partial charge in [0, 0.05) is 82.2 Å². The number of piperazine rings is 2. The monoisotopic (exact) mass is 575 g/mol. The molecule has 2 aliphatic rings. The Bertz CT molecular complexity index is 1190. The maximum atomic E-state index is 12.9. The number of hydrogen-bond acceptors (Lipinski definition) is 9. The Balaban J connectivity index is 1.29. The molecule has 0 radical (unpaired) electrons. The van der Waals surface area contributed by atoms with Gasteiger partial charge in [0.15, 0.2) is 5.16 Å². The van der Waals surface area contributed by atoms with Crippen molar-refractivity contribution in [2.24, 2.45) is 5.92 Å². The lowest BCUT2D eigenvalue weighted by Gasteiger charge is -2.40. The van der Waals surface area contributed by atoms with Crippen LogP contribution in [0, 0.1) is 16.0 Å². The van der Waals surface area contributed by atoms with Crippen LogP contribution in [0.1, 0.15) is 27.2 Å². The van der Waals surface area contributed by atoms with E-state index in [1.54, 1.807) is 18.2 Å². The molecule has 1 aromatic heterocycles. The van der Waals surface area contributed by atoms with Gasteiger partial charge in [-0.05, 0) is 25.0 Å². The summed E-state index contributed by atoms with van der Waals surface area (Å²) in [5, 5.41) is 11.6. The summed E-state index contributed by atoms with van der Waals surface area (Å²) < 4.78 is 0. The Morgan fingerprint density at radius 1 is 1.05 bits per heavy atom. The van der Waals surface area contributed by atoms with Gasteiger partial charge in [-0.3, -0.25) is 19.7 Å². The highest BCUT2D eigenvalue weighted by molar-refractivity contribution is 7.99. The molecule has 39 heavy (non-hydrogen) atoms. The maximum absolute atomic E-state index is 12.9. The van der Waals surface area contributed by atoms with Gasteiger partial charge < -0.3 is 19.6 Å². The molecule has 3 heterocycles. The first-order chi connectivity index (χ1) is 18.6. The topological polar surface area (TPSA) is 116 Å². The van der Waals surface area contributed by atoms with Crippen LogP contribution in [-0.2, 0) is 9.59 Å².